The fraction of sp³-hybridized carbons (Fsp3) is 0.562. The van der Waals surface area contributed by atoms with Gasteiger partial charge in [-0.15, -0.1) is 0 Å². The summed E-state index contributed by atoms with van der Waals surface area (Å²) in [7, 11) is 6.90. The van der Waals surface area contributed by atoms with E-state index in [0.29, 0.717) is 19.1 Å². The van der Waals surface area contributed by atoms with Gasteiger partial charge in [0.2, 0.25) is 5.91 Å². The second-order valence-electron chi connectivity index (χ2n) is 5.60. The van der Waals surface area contributed by atoms with E-state index in [0.717, 1.165) is 29.9 Å². The number of likely N-dealkylation sites (N-methyl/N-ethyl adjacent to an activating group) is 1. The Balaban J connectivity index is 2.14. The molecule has 5 nitrogen and oxygen atoms in total. The van der Waals surface area contributed by atoms with E-state index in [1.807, 2.05) is 18.2 Å². The summed E-state index contributed by atoms with van der Waals surface area (Å²) >= 11 is 0. The number of rotatable bonds is 7. The molecule has 1 aliphatic carbocycles. The Kier molecular flexibility index (Phi) is 5.07. The Labute approximate surface area is 126 Å². The average Bonchev–Trinajstić information content (AvgIpc) is 3.30. The molecule has 0 saturated heterocycles. The van der Waals surface area contributed by atoms with Crippen molar-refractivity contribution in [1.82, 2.24) is 9.80 Å². The molecule has 0 aliphatic heterocycles. The normalized spacial score (nSPS) is 14.1. The molecular formula is C16H24N2O3. The van der Waals surface area contributed by atoms with Crippen molar-refractivity contribution < 1.29 is 14.3 Å². The monoisotopic (exact) mass is 292 g/mol. The molecule has 5 heteroatoms. The number of carbonyl (C=O) groups excluding carboxylic acids is 1. The number of hydrogen-bond donors (Lipinski definition) is 0. The summed E-state index contributed by atoms with van der Waals surface area (Å²) < 4.78 is 10.7. The minimum Gasteiger partial charge on any atom is -0.497 e. The van der Waals surface area contributed by atoms with Gasteiger partial charge in [0.25, 0.3) is 0 Å². The molecule has 0 unspecified atom stereocenters. The zero-order chi connectivity index (χ0) is 15.4. The first kappa shape index (κ1) is 15.6. The van der Waals surface area contributed by atoms with Gasteiger partial charge < -0.3 is 14.4 Å². The van der Waals surface area contributed by atoms with Crippen molar-refractivity contribution in [1.29, 1.82) is 0 Å². The van der Waals surface area contributed by atoms with Crippen LogP contribution in [0.2, 0.25) is 0 Å². The van der Waals surface area contributed by atoms with E-state index in [1.165, 1.54) is 0 Å². The van der Waals surface area contributed by atoms with Crippen molar-refractivity contribution in [2.45, 2.75) is 25.4 Å². The highest BCUT2D eigenvalue weighted by atomic mass is 16.5. The van der Waals surface area contributed by atoms with Crippen LogP contribution in [0.1, 0.15) is 18.4 Å². The fourth-order valence-electron chi connectivity index (χ4n) is 2.29. The second-order valence-corrected chi connectivity index (χ2v) is 5.60. The van der Waals surface area contributed by atoms with Gasteiger partial charge in [-0.25, -0.2) is 0 Å². The smallest absolute Gasteiger partial charge is 0.236 e. The Morgan fingerprint density at radius 3 is 2.48 bits per heavy atom. The highest BCUT2D eigenvalue weighted by molar-refractivity contribution is 5.77. The Bertz CT molecular complexity index is 498. The maximum absolute atomic E-state index is 12.0. The molecule has 0 spiro atoms. The molecule has 21 heavy (non-hydrogen) atoms. The van der Waals surface area contributed by atoms with Crippen LogP contribution in [0.4, 0.5) is 0 Å². The molecule has 0 aromatic heterocycles. The molecule has 0 heterocycles. The summed E-state index contributed by atoms with van der Waals surface area (Å²) in [5, 5.41) is 0. The van der Waals surface area contributed by atoms with Crippen LogP contribution in [0.3, 0.4) is 0 Å². The second kappa shape index (κ2) is 6.80. The maximum atomic E-state index is 12.0. The van der Waals surface area contributed by atoms with Crippen molar-refractivity contribution >= 4 is 5.91 Å². The zero-order valence-corrected chi connectivity index (χ0v) is 13.3. The van der Waals surface area contributed by atoms with Gasteiger partial charge in [0.15, 0.2) is 0 Å². The highest BCUT2D eigenvalue weighted by Crippen LogP contribution is 2.31. The van der Waals surface area contributed by atoms with Crippen molar-refractivity contribution in [2.24, 2.45) is 0 Å². The number of hydrogen-bond acceptors (Lipinski definition) is 4. The van der Waals surface area contributed by atoms with Gasteiger partial charge in [0, 0.05) is 32.2 Å². The summed E-state index contributed by atoms with van der Waals surface area (Å²) in [6.07, 6.45) is 2.32. The molecule has 1 aliphatic rings. The molecule has 0 bridgehead atoms. The molecular weight excluding hydrogens is 268 g/mol. The van der Waals surface area contributed by atoms with Crippen LogP contribution >= 0.6 is 0 Å². The van der Waals surface area contributed by atoms with Crippen LogP contribution in [0.5, 0.6) is 11.5 Å². The van der Waals surface area contributed by atoms with Crippen LogP contribution in [-0.4, -0.2) is 56.6 Å². The van der Waals surface area contributed by atoms with Crippen molar-refractivity contribution in [3.63, 3.8) is 0 Å². The first-order valence-corrected chi connectivity index (χ1v) is 7.20. The fourth-order valence-corrected chi connectivity index (χ4v) is 2.29. The largest absolute Gasteiger partial charge is 0.497 e. The summed E-state index contributed by atoms with van der Waals surface area (Å²) in [5.41, 5.74) is 1.05. The van der Waals surface area contributed by atoms with Gasteiger partial charge in [-0.2, -0.15) is 0 Å². The van der Waals surface area contributed by atoms with E-state index in [9.17, 15) is 4.79 Å². The Morgan fingerprint density at radius 2 is 1.95 bits per heavy atom. The molecule has 1 aromatic rings. The van der Waals surface area contributed by atoms with E-state index in [1.54, 1.807) is 33.2 Å². The number of ether oxygens (including phenoxy) is 2. The molecule has 2 rings (SSSR count). The summed E-state index contributed by atoms with van der Waals surface area (Å²) in [6, 6.07) is 6.28. The van der Waals surface area contributed by atoms with Crippen molar-refractivity contribution in [2.75, 3.05) is 34.9 Å². The van der Waals surface area contributed by atoms with Crippen LogP contribution in [-0.2, 0) is 11.3 Å². The molecule has 116 valence electrons. The maximum Gasteiger partial charge on any atom is 0.236 e. The van der Waals surface area contributed by atoms with Gasteiger partial charge in [-0.05, 0) is 31.0 Å². The molecule has 1 saturated carbocycles. The number of carbonyl (C=O) groups is 1. The zero-order valence-electron chi connectivity index (χ0n) is 13.3. The van der Waals surface area contributed by atoms with E-state index in [-0.39, 0.29) is 5.91 Å². The predicted molar refractivity (Wildman–Crippen MR) is 81.7 cm³/mol. The lowest BCUT2D eigenvalue weighted by Crippen LogP contribution is -2.37. The highest BCUT2D eigenvalue weighted by Gasteiger charge is 2.31. The van der Waals surface area contributed by atoms with E-state index in [4.69, 9.17) is 9.47 Å². The summed E-state index contributed by atoms with van der Waals surface area (Å²) in [5.74, 6) is 1.77. The number of benzene rings is 1. The summed E-state index contributed by atoms with van der Waals surface area (Å²) in [6.45, 7) is 1.14. The Morgan fingerprint density at radius 1 is 1.24 bits per heavy atom. The van der Waals surface area contributed by atoms with Gasteiger partial charge in [-0.1, -0.05) is 0 Å². The number of methoxy groups -OCH3 is 2. The first-order valence-electron chi connectivity index (χ1n) is 7.20. The van der Waals surface area contributed by atoms with Crippen molar-refractivity contribution in [3.05, 3.63) is 23.8 Å². The minimum atomic E-state index is 0.128. The van der Waals surface area contributed by atoms with E-state index >= 15 is 0 Å². The summed E-state index contributed by atoms with van der Waals surface area (Å²) in [4.78, 5) is 15.8. The topological polar surface area (TPSA) is 42.0 Å². The molecule has 1 fully saturated rings. The minimum absolute atomic E-state index is 0.128. The predicted octanol–water partition coefficient (Wildman–Crippen LogP) is 1.76. The quantitative estimate of drug-likeness (QED) is 0.768. The van der Waals surface area contributed by atoms with Gasteiger partial charge in [0.05, 0.1) is 20.8 Å². The molecule has 0 radical (unpaired) electrons. The standard InChI is InChI=1S/C16H24N2O3/c1-17(2)16(19)11-18(13-5-6-13)10-12-9-14(20-3)7-8-15(12)21-4/h7-9,13H,5-6,10-11H2,1-4H3. The average molecular weight is 292 g/mol. The van der Waals surface area contributed by atoms with Crippen LogP contribution in [0.15, 0.2) is 18.2 Å². The lowest BCUT2D eigenvalue weighted by Gasteiger charge is -2.24. The molecule has 0 atom stereocenters. The molecule has 1 amide bonds. The van der Waals surface area contributed by atoms with Crippen LogP contribution < -0.4 is 9.47 Å². The first-order chi connectivity index (χ1) is 10.0. The lowest BCUT2D eigenvalue weighted by molar-refractivity contribution is -0.130. The van der Waals surface area contributed by atoms with Gasteiger partial charge in [-0.3, -0.25) is 9.69 Å². The third-order valence-corrected chi connectivity index (χ3v) is 3.76. The third kappa shape index (κ3) is 4.11. The van der Waals surface area contributed by atoms with Crippen LogP contribution in [0, 0.1) is 0 Å². The number of nitrogens with zero attached hydrogens (tertiary/aromatic N) is 2. The Hall–Kier alpha value is -1.75. The van der Waals surface area contributed by atoms with Crippen molar-refractivity contribution in [3.8, 4) is 11.5 Å². The number of amides is 1. The lowest BCUT2D eigenvalue weighted by atomic mass is 10.1. The van der Waals surface area contributed by atoms with E-state index in [2.05, 4.69) is 4.90 Å². The third-order valence-electron chi connectivity index (χ3n) is 3.76. The van der Waals surface area contributed by atoms with Gasteiger partial charge in [0.1, 0.15) is 11.5 Å². The molecule has 0 N–H and O–H groups in total. The van der Waals surface area contributed by atoms with Gasteiger partial charge >= 0.3 is 0 Å². The van der Waals surface area contributed by atoms with E-state index < -0.39 is 0 Å². The molecule has 1 aromatic carbocycles. The van der Waals surface area contributed by atoms with Crippen LogP contribution in [0.25, 0.3) is 0 Å². The SMILES string of the molecule is COc1ccc(OC)c(CN(CC(=O)N(C)C)C2CC2)c1.